The smallest absolute Gasteiger partial charge is 0.356 e. The second-order valence-corrected chi connectivity index (χ2v) is 5.00. The molecule has 24 heavy (non-hydrogen) atoms. The fraction of sp³-hybridized carbons (Fsp3) is 0.294. The average molecular weight is 329 g/mol. The third-order valence-electron chi connectivity index (χ3n) is 3.41. The summed E-state index contributed by atoms with van der Waals surface area (Å²) in [4.78, 5) is 30.7. The molecule has 1 unspecified atom stereocenters. The molecule has 0 fully saturated rings. The van der Waals surface area contributed by atoms with Crippen LogP contribution in [0.5, 0.6) is 5.75 Å². The lowest BCUT2D eigenvalue weighted by Crippen LogP contribution is -2.29. The summed E-state index contributed by atoms with van der Waals surface area (Å²) < 4.78 is 5.60. The summed E-state index contributed by atoms with van der Waals surface area (Å²) in [6.07, 6.45) is 2.88. The van der Waals surface area contributed by atoms with E-state index in [0.717, 1.165) is 23.7 Å². The van der Waals surface area contributed by atoms with Crippen molar-refractivity contribution in [1.82, 2.24) is 15.3 Å². The predicted octanol–water partition coefficient (Wildman–Crippen LogP) is 2.45. The molecule has 1 heterocycles. The quantitative estimate of drug-likeness (QED) is 0.809. The Balaban J connectivity index is 2.18. The van der Waals surface area contributed by atoms with Gasteiger partial charge in [-0.05, 0) is 19.4 Å². The van der Waals surface area contributed by atoms with Crippen LogP contribution in [-0.4, -0.2) is 33.6 Å². The van der Waals surface area contributed by atoms with Crippen LogP contribution in [0.4, 0.5) is 0 Å². The van der Waals surface area contributed by atoms with Crippen LogP contribution in [0.25, 0.3) is 0 Å². The van der Waals surface area contributed by atoms with Gasteiger partial charge in [-0.3, -0.25) is 4.79 Å². The van der Waals surface area contributed by atoms with Crippen LogP contribution in [0.2, 0.25) is 0 Å². The lowest BCUT2D eigenvalue weighted by Gasteiger charge is -2.20. The van der Waals surface area contributed by atoms with E-state index in [4.69, 9.17) is 9.84 Å². The molecule has 2 rings (SSSR count). The molecule has 1 atom stereocenters. The summed E-state index contributed by atoms with van der Waals surface area (Å²) in [5.74, 6) is -0.886. The number of carbonyl (C=O) groups is 2. The number of rotatable bonds is 7. The summed E-state index contributed by atoms with van der Waals surface area (Å²) in [5.41, 5.74) is 0.734. The van der Waals surface area contributed by atoms with E-state index < -0.39 is 11.9 Å². The van der Waals surface area contributed by atoms with Gasteiger partial charge in [-0.2, -0.15) is 0 Å². The highest BCUT2D eigenvalue weighted by Gasteiger charge is 2.19. The van der Waals surface area contributed by atoms with Gasteiger partial charge in [0.2, 0.25) is 0 Å². The molecule has 0 aliphatic heterocycles. The zero-order valence-electron chi connectivity index (χ0n) is 13.5. The Hall–Kier alpha value is -2.96. The number of ether oxygens (including phenoxy) is 1. The molecule has 0 bridgehead atoms. The highest BCUT2D eigenvalue weighted by molar-refractivity contribution is 5.93. The average Bonchev–Trinajstić information content (AvgIpc) is 2.60. The number of carboxylic acid groups (broad SMARTS) is 1. The van der Waals surface area contributed by atoms with Crippen LogP contribution in [0.15, 0.2) is 36.7 Å². The molecule has 7 heteroatoms. The van der Waals surface area contributed by atoms with Crippen molar-refractivity contribution < 1.29 is 19.4 Å². The number of para-hydroxylation sites is 1. The minimum atomic E-state index is -1.19. The molecule has 0 radical (unpaired) electrons. The lowest BCUT2D eigenvalue weighted by molar-refractivity contribution is 0.0689. The van der Waals surface area contributed by atoms with Crippen molar-refractivity contribution >= 4 is 11.9 Å². The van der Waals surface area contributed by atoms with E-state index in [1.54, 1.807) is 0 Å². The highest BCUT2D eigenvalue weighted by Crippen LogP contribution is 2.27. The number of aromatic carboxylic acids is 1. The molecular formula is C17H19N3O4. The van der Waals surface area contributed by atoms with Crippen LogP contribution < -0.4 is 10.1 Å². The number of hydrogen-bond donors (Lipinski definition) is 2. The van der Waals surface area contributed by atoms with Crippen LogP contribution in [0, 0.1) is 0 Å². The zero-order chi connectivity index (χ0) is 17.5. The third kappa shape index (κ3) is 4.07. The van der Waals surface area contributed by atoms with E-state index in [0.29, 0.717) is 13.0 Å². The van der Waals surface area contributed by atoms with E-state index in [9.17, 15) is 9.59 Å². The van der Waals surface area contributed by atoms with Gasteiger partial charge in [0.05, 0.1) is 25.0 Å². The van der Waals surface area contributed by atoms with E-state index in [1.807, 2.05) is 38.1 Å². The summed E-state index contributed by atoms with van der Waals surface area (Å²) in [6.45, 7) is 4.38. The Morgan fingerprint density at radius 1 is 1.17 bits per heavy atom. The van der Waals surface area contributed by atoms with Crippen molar-refractivity contribution in [2.45, 2.75) is 26.3 Å². The zero-order valence-corrected chi connectivity index (χ0v) is 13.5. The first-order chi connectivity index (χ1) is 11.6. The number of nitrogens with zero attached hydrogens (tertiary/aromatic N) is 2. The molecule has 0 spiro atoms. The molecule has 1 aromatic carbocycles. The molecule has 0 aliphatic rings. The number of hydrogen-bond acceptors (Lipinski definition) is 5. The molecule has 0 saturated carbocycles. The molecular weight excluding hydrogens is 310 g/mol. The predicted molar refractivity (Wildman–Crippen MR) is 87.1 cm³/mol. The van der Waals surface area contributed by atoms with Crippen molar-refractivity contribution in [1.29, 1.82) is 0 Å². The Labute approximate surface area is 139 Å². The first-order valence-corrected chi connectivity index (χ1v) is 7.64. The van der Waals surface area contributed by atoms with Gasteiger partial charge in [0.1, 0.15) is 11.4 Å². The van der Waals surface area contributed by atoms with Crippen LogP contribution in [-0.2, 0) is 0 Å². The highest BCUT2D eigenvalue weighted by atomic mass is 16.5. The molecule has 1 amide bonds. The Morgan fingerprint density at radius 3 is 2.42 bits per heavy atom. The number of benzene rings is 1. The van der Waals surface area contributed by atoms with Gasteiger partial charge in [-0.1, -0.05) is 25.1 Å². The number of aromatic nitrogens is 2. The topological polar surface area (TPSA) is 101 Å². The molecule has 0 saturated heterocycles. The fourth-order valence-electron chi connectivity index (χ4n) is 2.24. The van der Waals surface area contributed by atoms with Crippen molar-refractivity contribution in [3.63, 3.8) is 0 Å². The number of nitrogens with one attached hydrogen (secondary N) is 1. The van der Waals surface area contributed by atoms with Crippen molar-refractivity contribution in [2.75, 3.05) is 6.61 Å². The third-order valence-corrected chi connectivity index (χ3v) is 3.41. The maximum absolute atomic E-state index is 12.3. The van der Waals surface area contributed by atoms with Crippen LogP contribution in [0.3, 0.4) is 0 Å². The first-order valence-electron chi connectivity index (χ1n) is 7.64. The van der Waals surface area contributed by atoms with Gasteiger partial charge in [-0.15, -0.1) is 0 Å². The number of carboxylic acids is 1. The van der Waals surface area contributed by atoms with Crippen molar-refractivity contribution in [3.8, 4) is 5.75 Å². The minimum Gasteiger partial charge on any atom is -0.494 e. The number of carbonyl (C=O) groups excluding carboxylic acids is 1. The van der Waals surface area contributed by atoms with E-state index in [1.165, 1.54) is 0 Å². The van der Waals surface area contributed by atoms with E-state index >= 15 is 0 Å². The molecule has 0 aliphatic carbocycles. The Bertz CT molecular complexity index is 716. The fourth-order valence-corrected chi connectivity index (χ4v) is 2.24. The maximum Gasteiger partial charge on any atom is 0.356 e. The van der Waals surface area contributed by atoms with Gasteiger partial charge in [0.15, 0.2) is 5.69 Å². The summed E-state index contributed by atoms with van der Waals surface area (Å²) >= 11 is 0. The maximum atomic E-state index is 12.3. The summed E-state index contributed by atoms with van der Waals surface area (Å²) in [5, 5.41) is 11.7. The summed E-state index contributed by atoms with van der Waals surface area (Å²) in [7, 11) is 0. The lowest BCUT2D eigenvalue weighted by atomic mass is 10.0. The summed E-state index contributed by atoms with van der Waals surface area (Å²) in [6, 6.07) is 7.27. The molecule has 7 nitrogen and oxygen atoms in total. The monoisotopic (exact) mass is 329 g/mol. The SMILES string of the molecule is CCOc1ccccc1C(CC)NC(=O)c1cnc(C(=O)O)cn1. The second kappa shape index (κ2) is 8.05. The first kappa shape index (κ1) is 17.4. The van der Waals surface area contributed by atoms with Gasteiger partial charge >= 0.3 is 5.97 Å². The Morgan fingerprint density at radius 2 is 1.83 bits per heavy atom. The largest absolute Gasteiger partial charge is 0.494 e. The molecule has 2 aromatic rings. The van der Waals surface area contributed by atoms with E-state index in [2.05, 4.69) is 15.3 Å². The minimum absolute atomic E-state index is 0.0624. The number of amides is 1. The molecule has 2 N–H and O–H groups in total. The van der Waals surface area contributed by atoms with E-state index in [-0.39, 0.29) is 17.4 Å². The standard InChI is InChI=1S/C17H19N3O4/c1-3-12(11-7-5-6-8-15(11)24-4-2)20-16(21)13-9-19-14(10-18-13)17(22)23/h5-10,12H,3-4H2,1-2H3,(H,20,21)(H,22,23). The second-order valence-electron chi connectivity index (χ2n) is 5.00. The van der Waals surface area contributed by atoms with Crippen molar-refractivity contribution in [2.24, 2.45) is 0 Å². The van der Waals surface area contributed by atoms with Gasteiger partial charge < -0.3 is 15.2 Å². The normalized spacial score (nSPS) is 11.6. The van der Waals surface area contributed by atoms with Crippen molar-refractivity contribution in [3.05, 3.63) is 53.6 Å². The van der Waals surface area contributed by atoms with Gasteiger partial charge in [0, 0.05) is 5.56 Å². The molecule has 126 valence electrons. The van der Waals surface area contributed by atoms with Crippen LogP contribution >= 0.6 is 0 Å². The molecule has 1 aromatic heterocycles. The van der Waals surface area contributed by atoms with Gasteiger partial charge in [-0.25, -0.2) is 14.8 Å². The van der Waals surface area contributed by atoms with Gasteiger partial charge in [0.25, 0.3) is 5.91 Å². The van der Waals surface area contributed by atoms with Crippen LogP contribution in [0.1, 0.15) is 52.9 Å². The Kier molecular flexibility index (Phi) is 5.83.